The highest BCUT2D eigenvalue weighted by atomic mass is 16.6. The van der Waals surface area contributed by atoms with Crippen molar-refractivity contribution >= 4 is 50.3 Å². The summed E-state index contributed by atoms with van der Waals surface area (Å²) in [5, 5.41) is 59.1. The number of aryl methyl sites for hydroxylation is 3. The SMILES string of the molecule is Cn1cc(CC(N)C(=O)O)c2c([N+](=O)[O-])c(O)ccc21.Cn1cc(CC(N)C(=O)O)c2cc(O)ccc21.Cn1ccc2cc(O)ccc21. The lowest BCUT2D eigenvalue weighted by atomic mass is 10.0. The Balaban J connectivity index is 0.000000169. The van der Waals surface area contributed by atoms with Gasteiger partial charge >= 0.3 is 17.6 Å². The number of rotatable bonds is 7. The smallest absolute Gasteiger partial charge is 0.320 e. The second kappa shape index (κ2) is 14.1. The number of carbonyl (C=O) groups is 2. The number of aromatic nitrogens is 3. The molecule has 6 rings (SSSR count). The fourth-order valence-corrected chi connectivity index (χ4v) is 5.43. The average Bonchev–Trinajstić information content (AvgIpc) is 3.64. The van der Waals surface area contributed by atoms with Crippen molar-refractivity contribution in [3.05, 3.63) is 94.4 Å². The maximum absolute atomic E-state index is 11.1. The van der Waals surface area contributed by atoms with Gasteiger partial charge in [0, 0.05) is 74.4 Å². The van der Waals surface area contributed by atoms with E-state index in [1.54, 1.807) is 48.1 Å². The molecule has 15 nitrogen and oxygen atoms in total. The number of aromatic hydroxyl groups is 3. The zero-order chi connectivity index (χ0) is 35.4. The van der Waals surface area contributed by atoms with Crippen LogP contribution in [0, 0.1) is 10.1 Å². The molecule has 0 saturated carbocycles. The zero-order valence-corrected chi connectivity index (χ0v) is 26.3. The van der Waals surface area contributed by atoms with Crippen LogP contribution in [0.25, 0.3) is 32.7 Å². The van der Waals surface area contributed by atoms with Gasteiger partial charge in [-0.2, -0.15) is 0 Å². The van der Waals surface area contributed by atoms with Crippen LogP contribution in [0.4, 0.5) is 5.69 Å². The molecule has 0 aliphatic heterocycles. The summed E-state index contributed by atoms with van der Waals surface area (Å²) in [5.41, 5.74) is 14.4. The normalized spacial score (nSPS) is 12.2. The van der Waals surface area contributed by atoms with Crippen LogP contribution < -0.4 is 11.5 Å². The van der Waals surface area contributed by atoms with Crippen LogP contribution in [0.5, 0.6) is 17.2 Å². The second-order valence-electron chi connectivity index (χ2n) is 11.3. The summed E-state index contributed by atoms with van der Waals surface area (Å²) in [7, 11) is 5.54. The first kappa shape index (κ1) is 34.8. The minimum Gasteiger partial charge on any atom is -0.508 e. The average molecular weight is 661 g/mol. The molecule has 3 aromatic heterocycles. The first-order valence-corrected chi connectivity index (χ1v) is 14.5. The van der Waals surface area contributed by atoms with Gasteiger partial charge in [0.15, 0.2) is 5.75 Å². The monoisotopic (exact) mass is 660 g/mol. The Morgan fingerprint density at radius 1 is 0.750 bits per heavy atom. The standard InChI is InChI=1S/C12H13N3O5.C12H14N2O3.C9H9NO/c1-14-5-6(4-7(13)12(17)18)10-8(14)2-3-9(16)11(10)15(19)20;1-14-6-7(4-10(13)12(16)17)9-5-8(15)2-3-11(9)14;1-10-5-4-7-6-8(11)2-3-9(7)10/h2-3,5,7,16H,4,13H2,1H3,(H,17,18);2-3,5-6,10,15H,4,13H2,1H3,(H,16,17);2-6,11H,1H3. The van der Waals surface area contributed by atoms with Crippen LogP contribution in [0.2, 0.25) is 0 Å². The predicted octanol–water partition coefficient (Wildman–Crippen LogP) is 3.47. The Morgan fingerprint density at radius 3 is 1.88 bits per heavy atom. The summed E-state index contributed by atoms with van der Waals surface area (Å²) in [5.74, 6) is -2.19. The van der Waals surface area contributed by atoms with Crippen molar-refractivity contribution in [2.45, 2.75) is 24.9 Å². The van der Waals surface area contributed by atoms with Crippen molar-refractivity contribution in [1.29, 1.82) is 0 Å². The maximum atomic E-state index is 11.1. The van der Waals surface area contributed by atoms with Gasteiger partial charge < -0.3 is 50.7 Å². The van der Waals surface area contributed by atoms with Gasteiger partial charge in [0.25, 0.3) is 0 Å². The Labute approximate surface area is 273 Å². The third kappa shape index (κ3) is 7.49. The van der Waals surface area contributed by atoms with Crippen molar-refractivity contribution in [2.24, 2.45) is 32.6 Å². The summed E-state index contributed by atoms with van der Waals surface area (Å²) < 4.78 is 5.54. The summed E-state index contributed by atoms with van der Waals surface area (Å²) >= 11 is 0. The summed E-state index contributed by atoms with van der Waals surface area (Å²) in [6, 6.07) is 13.0. The quantitative estimate of drug-likeness (QED) is 0.0965. The minimum absolute atomic E-state index is 0.0586. The lowest BCUT2D eigenvalue weighted by Gasteiger charge is -2.05. The molecule has 2 unspecified atom stereocenters. The van der Waals surface area contributed by atoms with E-state index in [4.69, 9.17) is 26.8 Å². The number of hydrogen-bond donors (Lipinski definition) is 7. The maximum Gasteiger partial charge on any atom is 0.320 e. The van der Waals surface area contributed by atoms with Crippen molar-refractivity contribution in [3.8, 4) is 17.2 Å². The molecule has 2 atom stereocenters. The zero-order valence-electron chi connectivity index (χ0n) is 26.3. The first-order chi connectivity index (χ1) is 22.6. The van der Waals surface area contributed by atoms with E-state index in [-0.39, 0.29) is 24.0 Å². The van der Waals surface area contributed by atoms with Gasteiger partial charge in [0.1, 0.15) is 23.6 Å². The van der Waals surface area contributed by atoms with Crippen LogP contribution in [0.15, 0.2) is 73.2 Å². The summed E-state index contributed by atoms with van der Waals surface area (Å²) in [4.78, 5) is 32.0. The van der Waals surface area contributed by atoms with Gasteiger partial charge in [-0.15, -0.1) is 0 Å². The lowest BCUT2D eigenvalue weighted by molar-refractivity contribution is -0.384. The van der Waals surface area contributed by atoms with Crippen LogP contribution in [0.3, 0.4) is 0 Å². The molecule has 3 aromatic carbocycles. The molecule has 9 N–H and O–H groups in total. The van der Waals surface area contributed by atoms with Gasteiger partial charge in [-0.3, -0.25) is 19.7 Å². The molecule has 0 aliphatic rings. The number of nitrogens with two attached hydrogens (primary N) is 2. The van der Waals surface area contributed by atoms with E-state index in [1.165, 1.54) is 12.1 Å². The number of fused-ring (bicyclic) bond motifs is 3. The van der Waals surface area contributed by atoms with E-state index in [1.807, 2.05) is 47.8 Å². The van der Waals surface area contributed by atoms with Gasteiger partial charge in [0.05, 0.1) is 15.8 Å². The van der Waals surface area contributed by atoms with Crippen molar-refractivity contribution < 1.29 is 40.0 Å². The summed E-state index contributed by atoms with van der Waals surface area (Å²) in [6.45, 7) is 0. The third-order valence-corrected chi connectivity index (χ3v) is 7.81. The van der Waals surface area contributed by atoms with Crippen molar-refractivity contribution in [2.75, 3.05) is 0 Å². The highest BCUT2D eigenvalue weighted by molar-refractivity contribution is 5.95. The topological polar surface area (TPSA) is 245 Å². The Hall–Kier alpha value is -6.06. The van der Waals surface area contributed by atoms with E-state index in [9.17, 15) is 29.9 Å². The molecule has 0 amide bonds. The molecule has 0 radical (unpaired) electrons. The van der Waals surface area contributed by atoms with Crippen molar-refractivity contribution in [1.82, 2.24) is 13.7 Å². The largest absolute Gasteiger partial charge is 0.508 e. The molecule has 15 heteroatoms. The number of nitro benzene ring substituents is 1. The predicted molar refractivity (Wildman–Crippen MR) is 179 cm³/mol. The third-order valence-electron chi connectivity index (χ3n) is 7.81. The fourth-order valence-electron chi connectivity index (χ4n) is 5.43. The first-order valence-electron chi connectivity index (χ1n) is 14.5. The fraction of sp³-hybridized carbons (Fsp3) is 0.212. The number of nitro groups is 1. The molecule has 48 heavy (non-hydrogen) atoms. The molecule has 0 saturated heterocycles. The summed E-state index contributed by atoms with van der Waals surface area (Å²) in [6.07, 6.45) is 5.59. The van der Waals surface area contributed by atoms with Gasteiger partial charge in [-0.05, 0) is 65.7 Å². The molecule has 0 aliphatic carbocycles. The van der Waals surface area contributed by atoms with E-state index >= 15 is 0 Å². The van der Waals surface area contributed by atoms with E-state index in [0.29, 0.717) is 16.8 Å². The molecular weight excluding hydrogens is 624 g/mol. The number of hydrogen-bond acceptors (Lipinski definition) is 9. The molecule has 0 fully saturated rings. The van der Waals surface area contributed by atoms with E-state index < -0.39 is 40.4 Å². The van der Waals surface area contributed by atoms with Crippen LogP contribution in [0.1, 0.15) is 11.1 Å². The number of nitrogens with zero attached hydrogens (tertiary/aromatic N) is 4. The molecule has 252 valence electrons. The van der Waals surface area contributed by atoms with Gasteiger partial charge in [0.2, 0.25) is 0 Å². The lowest BCUT2D eigenvalue weighted by Crippen LogP contribution is -2.32. The minimum atomic E-state index is -1.19. The number of aliphatic carboxylic acids is 2. The number of phenolic OH excluding ortho intramolecular Hbond substituents is 3. The Morgan fingerprint density at radius 2 is 1.27 bits per heavy atom. The highest BCUT2D eigenvalue weighted by Gasteiger charge is 2.25. The molecule has 6 aromatic rings. The van der Waals surface area contributed by atoms with Crippen LogP contribution in [-0.4, -0.2) is 68.2 Å². The van der Waals surface area contributed by atoms with Crippen LogP contribution >= 0.6 is 0 Å². The number of carboxylic acid groups (broad SMARTS) is 2. The number of benzene rings is 3. The highest BCUT2D eigenvalue weighted by Crippen LogP contribution is 2.37. The second-order valence-corrected chi connectivity index (χ2v) is 11.3. The van der Waals surface area contributed by atoms with Crippen molar-refractivity contribution in [3.63, 3.8) is 0 Å². The van der Waals surface area contributed by atoms with Gasteiger partial charge in [-0.1, -0.05) is 0 Å². The molecular formula is C33H36N6O9. The Bertz CT molecular complexity index is 2150. The van der Waals surface area contributed by atoms with E-state index in [2.05, 4.69) is 0 Å². The molecule has 3 heterocycles. The van der Waals surface area contributed by atoms with E-state index in [0.717, 1.165) is 27.4 Å². The molecule has 0 spiro atoms. The Kier molecular flexibility index (Phi) is 10.3. The van der Waals surface area contributed by atoms with Crippen LogP contribution in [-0.2, 0) is 43.6 Å². The number of carboxylic acids is 2. The number of phenols is 3. The van der Waals surface area contributed by atoms with Gasteiger partial charge in [-0.25, -0.2) is 0 Å². The molecule has 0 bridgehead atoms.